The predicted octanol–water partition coefficient (Wildman–Crippen LogP) is 5.62. The van der Waals surface area contributed by atoms with E-state index in [4.69, 9.17) is 5.11 Å². The summed E-state index contributed by atoms with van der Waals surface area (Å²) in [4.78, 5) is 28.6. The molecule has 6 nitrogen and oxygen atoms in total. The summed E-state index contributed by atoms with van der Waals surface area (Å²) in [5.74, 6) is 0.546. The standard InChI is InChI=1S/C27H37N3O3/c1-27(2,3)21-8-12-22(13-9-21)29-24-15-20-14-18(4-5-19(20)16-28-24)25(31)30-23-10-6-17(7-11-23)26(32)33/h4-5,14-17,21-23H,6-13H2,1-3H3,(H,28,29)(H,30,31)(H,32,33)/t17-,21?,22?,23+. The molecule has 2 saturated carbocycles. The third-order valence-corrected chi connectivity index (χ3v) is 7.70. The molecular formula is C27H37N3O3. The van der Waals surface area contributed by atoms with Gasteiger partial charge in [-0.3, -0.25) is 9.59 Å². The van der Waals surface area contributed by atoms with Crippen LogP contribution in [-0.4, -0.2) is 34.1 Å². The van der Waals surface area contributed by atoms with Crippen LogP contribution in [-0.2, 0) is 4.79 Å². The number of carboxylic acid groups (broad SMARTS) is 1. The van der Waals surface area contributed by atoms with Crippen molar-refractivity contribution >= 4 is 28.5 Å². The van der Waals surface area contributed by atoms with Crippen molar-refractivity contribution in [3.63, 3.8) is 0 Å². The molecular weight excluding hydrogens is 414 g/mol. The van der Waals surface area contributed by atoms with E-state index in [1.807, 2.05) is 30.5 Å². The molecule has 0 saturated heterocycles. The Kier molecular flexibility index (Phi) is 6.91. The van der Waals surface area contributed by atoms with Crippen LogP contribution in [0.25, 0.3) is 10.8 Å². The predicted molar refractivity (Wildman–Crippen MR) is 131 cm³/mol. The molecule has 1 heterocycles. The third-order valence-electron chi connectivity index (χ3n) is 7.70. The molecule has 2 aromatic rings. The fourth-order valence-electron chi connectivity index (χ4n) is 5.43. The molecule has 1 amide bonds. The maximum Gasteiger partial charge on any atom is 0.306 e. The summed E-state index contributed by atoms with van der Waals surface area (Å²) in [6.45, 7) is 7.02. The van der Waals surface area contributed by atoms with Crippen molar-refractivity contribution in [2.75, 3.05) is 5.32 Å². The number of aliphatic carboxylic acids is 1. The zero-order chi connectivity index (χ0) is 23.6. The number of rotatable bonds is 5. The van der Waals surface area contributed by atoms with Crippen molar-refractivity contribution in [2.24, 2.45) is 17.3 Å². The van der Waals surface area contributed by atoms with E-state index in [-0.39, 0.29) is 17.9 Å². The molecule has 0 radical (unpaired) electrons. The number of nitrogens with zero attached hydrogens (tertiary/aromatic N) is 1. The molecule has 2 aliphatic rings. The second-order valence-corrected chi connectivity index (χ2v) is 11.1. The summed E-state index contributed by atoms with van der Waals surface area (Å²) < 4.78 is 0. The second kappa shape index (κ2) is 9.70. The molecule has 0 spiro atoms. The molecule has 2 fully saturated rings. The van der Waals surface area contributed by atoms with Crippen LogP contribution in [0.4, 0.5) is 5.82 Å². The molecule has 0 bridgehead atoms. The number of fused-ring (bicyclic) bond motifs is 1. The highest BCUT2D eigenvalue weighted by Gasteiger charge is 2.30. The smallest absolute Gasteiger partial charge is 0.306 e. The van der Waals surface area contributed by atoms with Crippen LogP contribution in [0.15, 0.2) is 30.5 Å². The Morgan fingerprint density at radius 3 is 2.21 bits per heavy atom. The zero-order valence-corrected chi connectivity index (χ0v) is 20.1. The van der Waals surface area contributed by atoms with Crippen LogP contribution in [0.2, 0.25) is 0 Å². The topological polar surface area (TPSA) is 91.3 Å². The van der Waals surface area contributed by atoms with Gasteiger partial charge in [-0.2, -0.15) is 0 Å². The number of hydrogen-bond acceptors (Lipinski definition) is 4. The first kappa shape index (κ1) is 23.5. The lowest BCUT2D eigenvalue weighted by Crippen LogP contribution is -2.38. The zero-order valence-electron chi connectivity index (χ0n) is 20.1. The molecule has 33 heavy (non-hydrogen) atoms. The Labute approximate surface area is 196 Å². The number of carbonyl (C=O) groups is 2. The highest BCUT2D eigenvalue weighted by atomic mass is 16.4. The van der Waals surface area contributed by atoms with Crippen molar-refractivity contribution in [3.05, 3.63) is 36.0 Å². The van der Waals surface area contributed by atoms with Gasteiger partial charge in [0.2, 0.25) is 0 Å². The van der Waals surface area contributed by atoms with Crippen LogP contribution in [0.1, 0.15) is 82.5 Å². The lowest BCUT2D eigenvalue weighted by molar-refractivity contribution is -0.142. The van der Waals surface area contributed by atoms with Crippen molar-refractivity contribution < 1.29 is 14.7 Å². The fraction of sp³-hybridized carbons (Fsp3) is 0.593. The Morgan fingerprint density at radius 2 is 1.58 bits per heavy atom. The number of nitrogens with one attached hydrogen (secondary N) is 2. The van der Waals surface area contributed by atoms with Crippen LogP contribution < -0.4 is 10.6 Å². The van der Waals surface area contributed by atoms with E-state index in [0.717, 1.165) is 35.3 Å². The van der Waals surface area contributed by atoms with Gasteiger partial charge in [-0.05, 0) is 86.3 Å². The summed E-state index contributed by atoms with van der Waals surface area (Å²) in [7, 11) is 0. The average molecular weight is 452 g/mol. The highest BCUT2D eigenvalue weighted by Crippen LogP contribution is 2.38. The minimum Gasteiger partial charge on any atom is -0.481 e. The summed E-state index contributed by atoms with van der Waals surface area (Å²) in [5, 5.41) is 17.9. The Bertz CT molecular complexity index is 997. The van der Waals surface area contributed by atoms with Gasteiger partial charge in [0.05, 0.1) is 5.92 Å². The van der Waals surface area contributed by atoms with Crippen LogP contribution >= 0.6 is 0 Å². The maximum absolute atomic E-state index is 12.8. The van der Waals surface area contributed by atoms with Gasteiger partial charge >= 0.3 is 5.97 Å². The first-order valence-electron chi connectivity index (χ1n) is 12.4. The van der Waals surface area contributed by atoms with Gasteiger partial charge in [-0.25, -0.2) is 4.98 Å². The van der Waals surface area contributed by atoms with Gasteiger partial charge in [0.1, 0.15) is 5.82 Å². The van der Waals surface area contributed by atoms with Gasteiger partial charge in [0, 0.05) is 29.2 Å². The fourth-order valence-corrected chi connectivity index (χ4v) is 5.43. The van der Waals surface area contributed by atoms with E-state index >= 15 is 0 Å². The number of carboxylic acids is 1. The monoisotopic (exact) mass is 451 g/mol. The van der Waals surface area contributed by atoms with Crippen molar-refractivity contribution in [1.29, 1.82) is 0 Å². The number of carbonyl (C=O) groups excluding carboxylic acids is 1. The minimum atomic E-state index is -0.727. The highest BCUT2D eigenvalue weighted by molar-refractivity contribution is 5.99. The number of benzene rings is 1. The Hall–Kier alpha value is -2.63. The first-order valence-corrected chi connectivity index (χ1v) is 12.4. The SMILES string of the molecule is CC(C)(C)C1CCC(Nc2cc3cc(C(=O)N[C@H]4CC[C@@H](C(=O)O)CC4)ccc3cn2)CC1. The summed E-state index contributed by atoms with van der Waals surface area (Å²) >= 11 is 0. The molecule has 1 aromatic heterocycles. The van der Waals surface area contributed by atoms with E-state index < -0.39 is 5.97 Å². The summed E-state index contributed by atoms with van der Waals surface area (Å²) in [6, 6.07) is 8.24. The van der Waals surface area contributed by atoms with E-state index in [2.05, 4.69) is 36.4 Å². The largest absolute Gasteiger partial charge is 0.481 e. The van der Waals surface area contributed by atoms with Crippen molar-refractivity contribution in [3.8, 4) is 0 Å². The lowest BCUT2D eigenvalue weighted by Gasteiger charge is -2.37. The van der Waals surface area contributed by atoms with Crippen LogP contribution in [0.3, 0.4) is 0 Å². The molecule has 1 aromatic carbocycles. The molecule has 178 valence electrons. The first-order chi connectivity index (χ1) is 15.7. The molecule has 4 rings (SSSR count). The minimum absolute atomic E-state index is 0.0432. The Morgan fingerprint density at radius 1 is 0.909 bits per heavy atom. The number of amides is 1. The number of pyridine rings is 1. The third kappa shape index (κ3) is 5.84. The van der Waals surface area contributed by atoms with Crippen LogP contribution in [0, 0.1) is 17.3 Å². The molecule has 0 atom stereocenters. The van der Waals surface area contributed by atoms with E-state index in [0.29, 0.717) is 42.7 Å². The summed E-state index contributed by atoms with van der Waals surface area (Å²) in [6.07, 6.45) is 9.35. The maximum atomic E-state index is 12.8. The van der Waals surface area contributed by atoms with Crippen molar-refractivity contribution in [1.82, 2.24) is 10.3 Å². The van der Waals surface area contributed by atoms with Gasteiger partial charge in [-0.15, -0.1) is 0 Å². The summed E-state index contributed by atoms with van der Waals surface area (Å²) in [5.41, 5.74) is 1.00. The quantitative estimate of drug-likeness (QED) is 0.548. The molecule has 3 N–H and O–H groups in total. The Balaban J connectivity index is 1.37. The molecule has 0 aliphatic heterocycles. The van der Waals surface area contributed by atoms with Crippen molar-refractivity contribution in [2.45, 2.75) is 84.2 Å². The number of aromatic nitrogens is 1. The molecule has 6 heteroatoms. The second-order valence-electron chi connectivity index (χ2n) is 11.1. The molecule has 2 aliphatic carbocycles. The van der Waals surface area contributed by atoms with Gasteiger partial charge < -0.3 is 15.7 Å². The van der Waals surface area contributed by atoms with Gasteiger partial charge in [0.25, 0.3) is 5.91 Å². The average Bonchev–Trinajstić information content (AvgIpc) is 2.78. The van der Waals surface area contributed by atoms with E-state index in [1.54, 1.807) is 0 Å². The molecule has 0 unspecified atom stereocenters. The van der Waals surface area contributed by atoms with E-state index in [1.165, 1.54) is 12.8 Å². The number of hydrogen-bond donors (Lipinski definition) is 3. The number of anilines is 1. The van der Waals surface area contributed by atoms with Gasteiger partial charge in [-0.1, -0.05) is 26.8 Å². The normalized spacial score (nSPS) is 26.0. The lowest BCUT2D eigenvalue weighted by atomic mass is 9.71. The van der Waals surface area contributed by atoms with Gasteiger partial charge in [0.15, 0.2) is 0 Å². The van der Waals surface area contributed by atoms with Crippen LogP contribution in [0.5, 0.6) is 0 Å². The van der Waals surface area contributed by atoms with E-state index in [9.17, 15) is 9.59 Å².